The Bertz CT molecular complexity index is 721. The average molecular weight is 382 g/mol. The number of rotatable bonds is 7. The zero-order valence-corrected chi connectivity index (χ0v) is 16.1. The summed E-state index contributed by atoms with van der Waals surface area (Å²) in [5.74, 6) is 0.674. The summed E-state index contributed by atoms with van der Waals surface area (Å²) in [6.07, 6.45) is 2.98. The van der Waals surface area contributed by atoms with Crippen molar-refractivity contribution in [3.05, 3.63) is 30.1 Å². The summed E-state index contributed by atoms with van der Waals surface area (Å²) < 4.78 is 23.1. The zero-order valence-electron chi connectivity index (χ0n) is 15.3. The van der Waals surface area contributed by atoms with Crippen LogP contribution in [0.25, 0.3) is 0 Å². The molecule has 2 rings (SSSR count). The van der Waals surface area contributed by atoms with E-state index in [2.05, 4.69) is 20.6 Å². The molecule has 0 aliphatic carbocycles. The summed E-state index contributed by atoms with van der Waals surface area (Å²) in [6, 6.07) is 5.55. The highest BCUT2D eigenvalue weighted by molar-refractivity contribution is 7.91. The van der Waals surface area contributed by atoms with Gasteiger partial charge in [0.1, 0.15) is 6.54 Å². The number of aromatic nitrogens is 1. The van der Waals surface area contributed by atoms with E-state index in [0.717, 1.165) is 5.69 Å². The molecule has 1 fully saturated rings. The van der Waals surface area contributed by atoms with E-state index in [0.29, 0.717) is 31.9 Å². The molecule has 0 spiro atoms. The van der Waals surface area contributed by atoms with Gasteiger partial charge in [-0.3, -0.25) is 9.78 Å². The van der Waals surface area contributed by atoms with Gasteiger partial charge in [0.25, 0.3) is 0 Å². The Hall–Kier alpha value is -2.16. The monoisotopic (exact) mass is 381 g/mol. The molecule has 9 heteroatoms. The molecule has 1 amide bonds. The molecule has 2 heterocycles. The number of nitrogens with one attached hydrogen (secondary N) is 2. The van der Waals surface area contributed by atoms with Gasteiger partial charge in [-0.1, -0.05) is 6.07 Å². The first-order valence-corrected chi connectivity index (χ1v) is 10.6. The van der Waals surface area contributed by atoms with Gasteiger partial charge < -0.3 is 15.5 Å². The van der Waals surface area contributed by atoms with Crippen LogP contribution in [-0.2, 0) is 21.1 Å². The lowest BCUT2D eigenvalue weighted by Crippen LogP contribution is -2.44. The predicted molar refractivity (Wildman–Crippen MR) is 102 cm³/mol. The highest BCUT2D eigenvalue weighted by atomic mass is 32.2. The molecule has 0 bridgehead atoms. The lowest BCUT2D eigenvalue weighted by atomic mass is 10.2. The number of sulfone groups is 1. The summed E-state index contributed by atoms with van der Waals surface area (Å²) in [4.78, 5) is 22.4. The minimum Gasteiger partial charge on any atom is -0.357 e. The van der Waals surface area contributed by atoms with E-state index in [9.17, 15) is 13.2 Å². The number of carbonyl (C=O) groups is 1. The van der Waals surface area contributed by atoms with Crippen molar-refractivity contribution in [1.82, 2.24) is 20.5 Å². The van der Waals surface area contributed by atoms with E-state index in [-0.39, 0.29) is 30.0 Å². The molecule has 1 saturated heterocycles. The van der Waals surface area contributed by atoms with Crippen LogP contribution < -0.4 is 10.6 Å². The molecule has 144 valence electrons. The van der Waals surface area contributed by atoms with Crippen LogP contribution in [-0.4, -0.2) is 74.4 Å². The molecule has 1 atom stereocenters. The van der Waals surface area contributed by atoms with E-state index in [1.54, 1.807) is 18.1 Å². The van der Waals surface area contributed by atoms with Crippen molar-refractivity contribution in [1.29, 1.82) is 0 Å². The van der Waals surface area contributed by atoms with Gasteiger partial charge >= 0.3 is 0 Å². The van der Waals surface area contributed by atoms with E-state index in [1.165, 1.54) is 0 Å². The smallest absolute Gasteiger partial charge is 0.244 e. The lowest BCUT2D eigenvalue weighted by Gasteiger charge is -2.18. The van der Waals surface area contributed by atoms with Crippen LogP contribution in [0.1, 0.15) is 19.0 Å². The van der Waals surface area contributed by atoms with Crippen LogP contribution in [0.2, 0.25) is 0 Å². The predicted octanol–water partition coefficient (Wildman–Crippen LogP) is -0.175. The summed E-state index contributed by atoms with van der Waals surface area (Å²) in [5.41, 5.74) is 0.938. The van der Waals surface area contributed by atoms with E-state index < -0.39 is 9.84 Å². The molecule has 0 aromatic carbocycles. The SMILES string of the molecule is CCNC(=NCC(=O)N(C)CCc1ccccn1)NC1CCS(=O)(=O)C1. The van der Waals surface area contributed by atoms with Gasteiger partial charge in [0.05, 0.1) is 11.5 Å². The zero-order chi connectivity index (χ0) is 19.0. The molecule has 1 aliphatic heterocycles. The van der Waals surface area contributed by atoms with Crippen LogP contribution in [0, 0.1) is 0 Å². The second-order valence-electron chi connectivity index (χ2n) is 6.33. The highest BCUT2D eigenvalue weighted by Crippen LogP contribution is 2.10. The van der Waals surface area contributed by atoms with Crippen molar-refractivity contribution >= 4 is 21.7 Å². The van der Waals surface area contributed by atoms with E-state index >= 15 is 0 Å². The number of nitrogens with zero attached hydrogens (tertiary/aromatic N) is 3. The first-order valence-electron chi connectivity index (χ1n) is 8.79. The molecule has 1 aliphatic rings. The molecule has 0 radical (unpaired) electrons. The first kappa shape index (κ1) is 20.2. The number of amides is 1. The number of pyridine rings is 1. The van der Waals surface area contributed by atoms with Crippen LogP contribution in [0.3, 0.4) is 0 Å². The molecule has 26 heavy (non-hydrogen) atoms. The van der Waals surface area contributed by atoms with Crippen molar-refractivity contribution in [3.8, 4) is 0 Å². The van der Waals surface area contributed by atoms with E-state index in [1.807, 2.05) is 25.1 Å². The summed E-state index contributed by atoms with van der Waals surface area (Å²) in [5, 5.41) is 6.16. The maximum atomic E-state index is 12.3. The maximum Gasteiger partial charge on any atom is 0.244 e. The Kier molecular flexibility index (Phi) is 7.38. The first-order chi connectivity index (χ1) is 12.4. The standard InChI is InChI=1S/C17H27N5O3S/c1-3-18-17(21-15-8-11-26(24,25)13-15)20-12-16(23)22(2)10-7-14-6-4-5-9-19-14/h4-6,9,15H,3,7-8,10-13H2,1-2H3,(H2,18,20,21). The average Bonchev–Trinajstić information content (AvgIpc) is 2.96. The number of carbonyl (C=O) groups excluding carboxylic acids is 1. The Morgan fingerprint density at radius 2 is 2.23 bits per heavy atom. The quantitative estimate of drug-likeness (QED) is 0.502. The van der Waals surface area contributed by atoms with E-state index in [4.69, 9.17) is 0 Å². The largest absolute Gasteiger partial charge is 0.357 e. The van der Waals surface area contributed by atoms with Gasteiger partial charge in [0.15, 0.2) is 15.8 Å². The number of likely N-dealkylation sites (N-methyl/N-ethyl adjacent to an activating group) is 1. The van der Waals surface area contributed by atoms with Crippen molar-refractivity contribution in [2.75, 3.05) is 38.2 Å². The lowest BCUT2D eigenvalue weighted by molar-refractivity contribution is -0.128. The fraction of sp³-hybridized carbons (Fsp3) is 0.588. The number of hydrogen-bond donors (Lipinski definition) is 2. The molecule has 1 unspecified atom stereocenters. The van der Waals surface area contributed by atoms with Gasteiger partial charge in [0, 0.05) is 44.5 Å². The molecular weight excluding hydrogens is 354 g/mol. The Morgan fingerprint density at radius 1 is 1.42 bits per heavy atom. The fourth-order valence-electron chi connectivity index (χ4n) is 2.64. The fourth-order valence-corrected chi connectivity index (χ4v) is 4.32. The minimum absolute atomic E-state index is 0.00746. The number of guanidine groups is 1. The van der Waals surface area contributed by atoms with Gasteiger partial charge in [-0.05, 0) is 25.5 Å². The normalized spacial score (nSPS) is 19.2. The van der Waals surface area contributed by atoms with Gasteiger partial charge in [-0.15, -0.1) is 0 Å². The number of aliphatic imine (C=N–C) groups is 1. The van der Waals surface area contributed by atoms with Crippen LogP contribution >= 0.6 is 0 Å². The maximum absolute atomic E-state index is 12.3. The van der Waals surface area contributed by atoms with Crippen LogP contribution in [0.4, 0.5) is 0 Å². The summed E-state index contributed by atoms with van der Waals surface area (Å²) in [6.45, 7) is 3.13. The topological polar surface area (TPSA) is 104 Å². The van der Waals surface area contributed by atoms with Gasteiger partial charge in [-0.25, -0.2) is 13.4 Å². The third-order valence-electron chi connectivity index (χ3n) is 4.15. The van der Waals surface area contributed by atoms with Crippen LogP contribution in [0.5, 0.6) is 0 Å². The third kappa shape index (κ3) is 6.62. The number of hydrogen-bond acceptors (Lipinski definition) is 5. The Balaban J connectivity index is 1.84. The van der Waals surface area contributed by atoms with Crippen molar-refractivity contribution < 1.29 is 13.2 Å². The summed E-state index contributed by atoms with van der Waals surface area (Å²) in [7, 11) is -1.22. The van der Waals surface area contributed by atoms with Gasteiger partial charge in [0.2, 0.25) is 5.91 Å². The Morgan fingerprint density at radius 3 is 2.85 bits per heavy atom. The molecule has 1 aromatic heterocycles. The van der Waals surface area contributed by atoms with Gasteiger partial charge in [-0.2, -0.15) is 0 Å². The molecule has 2 N–H and O–H groups in total. The molecule has 8 nitrogen and oxygen atoms in total. The molecular formula is C17H27N5O3S. The van der Waals surface area contributed by atoms with Crippen LogP contribution in [0.15, 0.2) is 29.4 Å². The second kappa shape index (κ2) is 9.51. The Labute approximate surface area is 155 Å². The van der Waals surface area contributed by atoms with Crippen molar-refractivity contribution in [2.24, 2.45) is 4.99 Å². The molecule has 0 saturated carbocycles. The van der Waals surface area contributed by atoms with Crippen molar-refractivity contribution in [3.63, 3.8) is 0 Å². The minimum atomic E-state index is -2.96. The summed E-state index contributed by atoms with van der Waals surface area (Å²) >= 11 is 0. The third-order valence-corrected chi connectivity index (χ3v) is 5.91. The second-order valence-corrected chi connectivity index (χ2v) is 8.55. The highest BCUT2D eigenvalue weighted by Gasteiger charge is 2.28. The molecule has 1 aromatic rings. The van der Waals surface area contributed by atoms with Crippen molar-refractivity contribution in [2.45, 2.75) is 25.8 Å².